The molecule has 0 aromatic heterocycles. The Labute approximate surface area is 209 Å². The highest BCUT2D eigenvalue weighted by Gasteiger charge is 2.23. The van der Waals surface area contributed by atoms with Crippen LogP contribution in [0, 0.1) is 0 Å². The van der Waals surface area contributed by atoms with Crippen LogP contribution in [0.4, 0.5) is 5.69 Å². The van der Waals surface area contributed by atoms with E-state index in [0.717, 1.165) is 38.2 Å². The summed E-state index contributed by atoms with van der Waals surface area (Å²) in [5.74, 6) is 2.69. The van der Waals surface area contributed by atoms with Crippen LogP contribution in [-0.4, -0.2) is 63.4 Å². The number of rotatable bonds is 15. The van der Waals surface area contributed by atoms with Crippen LogP contribution in [0.15, 0.2) is 42.5 Å². The third kappa shape index (κ3) is 8.35. The Morgan fingerprint density at radius 3 is 2.17 bits per heavy atom. The first-order valence-electron chi connectivity index (χ1n) is 12.9. The average molecular weight is 485 g/mol. The second-order valence-corrected chi connectivity index (χ2v) is 8.55. The maximum atomic E-state index is 13.5. The molecule has 0 aliphatic carbocycles. The Hall–Kier alpha value is -2.93. The monoisotopic (exact) mass is 484 g/mol. The van der Waals surface area contributed by atoms with Gasteiger partial charge in [0.15, 0.2) is 6.61 Å². The molecule has 1 fully saturated rings. The lowest BCUT2D eigenvalue weighted by Gasteiger charge is -2.27. The van der Waals surface area contributed by atoms with E-state index in [2.05, 4.69) is 11.8 Å². The van der Waals surface area contributed by atoms with Gasteiger partial charge in [-0.2, -0.15) is 0 Å². The van der Waals surface area contributed by atoms with Gasteiger partial charge in [0.25, 0.3) is 5.91 Å². The van der Waals surface area contributed by atoms with Crippen molar-refractivity contribution in [3.8, 4) is 23.0 Å². The van der Waals surface area contributed by atoms with Gasteiger partial charge in [0.1, 0.15) is 23.0 Å². The molecule has 3 rings (SSSR count). The molecule has 0 saturated carbocycles. The maximum absolute atomic E-state index is 13.5. The summed E-state index contributed by atoms with van der Waals surface area (Å²) in [5.41, 5.74) is 0.713. The van der Waals surface area contributed by atoms with Gasteiger partial charge in [-0.05, 0) is 82.6 Å². The molecule has 1 aliphatic rings. The summed E-state index contributed by atoms with van der Waals surface area (Å²) >= 11 is 0. The van der Waals surface area contributed by atoms with E-state index in [4.69, 9.17) is 18.9 Å². The summed E-state index contributed by atoms with van der Waals surface area (Å²) in [6.07, 6.45) is 4.53. The first-order valence-corrected chi connectivity index (χ1v) is 12.9. The topological polar surface area (TPSA) is 60.5 Å². The number of likely N-dealkylation sites (tertiary alicyclic amines) is 1. The van der Waals surface area contributed by atoms with Gasteiger partial charge in [-0.15, -0.1) is 0 Å². The molecule has 35 heavy (non-hydrogen) atoms. The van der Waals surface area contributed by atoms with Crippen LogP contribution < -0.4 is 23.8 Å². The second kappa shape index (κ2) is 14.5. The third-order valence-corrected chi connectivity index (χ3v) is 5.92. The molecule has 0 N–H and O–H groups in total. The normalized spacial score (nSPS) is 13.5. The molecule has 1 aliphatic heterocycles. The number of unbranched alkanes of at least 4 members (excludes halogenated alkanes) is 1. The fourth-order valence-corrected chi connectivity index (χ4v) is 4.06. The van der Waals surface area contributed by atoms with Crippen LogP contribution in [-0.2, 0) is 4.79 Å². The maximum Gasteiger partial charge on any atom is 0.265 e. The van der Waals surface area contributed by atoms with E-state index in [9.17, 15) is 4.79 Å². The Morgan fingerprint density at radius 1 is 0.857 bits per heavy atom. The largest absolute Gasteiger partial charge is 0.494 e. The summed E-state index contributed by atoms with van der Waals surface area (Å²) in [6, 6.07) is 13.1. The number of hydrogen-bond acceptors (Lipinski definition) is 6. The van der Waals surface area contributed by atoms with Crippen molar-refractivity contribution in [3.63, 3.8) is 0 Å². The van der Waals surface area contributed by atoms with Gasteiger partial charge in [0, 0.05) is 19.2 Å². The second-order valence-electron chi connectivity index (χ2n) is 8.55. The zero-order valence-electron chi connectivity index (χ0n) is 21.5. The third-order valence-electron chi connectivity index (χ3n) is 5.92. The molecule has 1 saturated heterocycles. The molecule has 0 unspecified atom stereocenters. The van der Waals surface area contributed by atoms with E-state index in [-0.39, 0.29) is 12.5 Å². The number of carbonyl (C=O) groups is 1. The van der Waals surface area contributed by atoms with Gasteiger partial charge in [0.2, 0.25) is 0 Å². The average Bonchev–Trinajstić information content (AvgIpc) is 3.39. The number of amides is 1. The molecular formula is C28H40N2O5. The molecular weight excluding hydrogens is 444 g/mol. The van der Waals surface area contributed by atoms with Crippen molar-refractivity contribution in [2.75, 3.05) is 57.5 Å². The Kier molecular flexibility index (Phi) is 11.0. The Balaban J connectivity index is 1.72. The van der Waals surface area contributed by atoms with Gasteiger partial charge in [-0.1, -0.05) is 13.3 Å². The van der Waals surface area contributed by atoms with Gasteiger partial charge >= 0.3 is 0 Å². The zero-order valence-corrected chi connectivity index (χ0v) is 21.5. The molecule has 7 heteroatoms. The van der Waals surface area contributed by atoms with E-state index < -0.39 is 0 Å². The highest BCUT2D eigenvalue weighted by molar-refractivity contribution is 5.96. The molecule has 0 spiro atoms. The Bertz CT molecular complexity index is 897. The SMILES string of the molecule is CCCCOc1ccc(OCC(=O)N(CCN2CCCC2)c2cc(OCC)ccc2OCC)cc1. The van der Waals surface area contributed by atoms with Crippen molar-refractivity contribution in [1.29, 1.82) is 0 Å². The number of anilines is 1. The molecule has 2 aromatic carbocycles. The molecule has 0 radical (unpaired) electrons. The summed E-state index contributed by atoms with van der Waals surface area (Å²) in [6.45, 7) is 11.2. The van der Waals surface area contributed by atoms with Crippen LogP contribution in [0.5, 0.6) is 23.0 Å². The van der Waals surface area contributed by atoms with Gasteiger partial charge in [0.05, 0.1) is 25.5 Å². The first-order chi connectivity index (χ1) is 17.1. The van der Waals surface area contributed by atoms with Crippen molar-refractivity contribution < 1.29 is 23.7 Å². The number of hydrogen-bond donors (Lipinski definition) is 0. The van der Waals surface area contributed by atoms with E-state index in [1.54, 1.807) is 4.90 Å². The number of ether oxygens (including phenoxy) is 4. The molecule has 1 heterocycles. The highest BCUT2D eigenvalue weighted by atomic mass is 16.5. The minimum atomic E-state index is -0.123. The molecule has 0 bridgehead atoms. The minimum Gasteiger partial charge on any atom is -0.494 e. The fourth-order valence-electron chi connectivity index (χ4n) is 4.06. The standard InChI is InChI=1S/C28H40N2O5/c1-4-7-20-34-23-10-12-24(13-11-23)35-22-28(31)30(19-18-29-16-8-9-17-29)26-21-25(32-5-2)14-15-27(26)33-6-3/h10-15,21H,4-9,16-20,22H2,1-3H3. The quantitative estimate of drug-likeness (QED) is 0.325. The van der Waals surface area contributed by atoms with E-state index in [0.29, 0.717) is 49.3 Å². The molecule has 1 amide bonds. The van der Waals surface area contributed by atoms with Crippen molar-refractivity contribution in [2.24, 2.45) is 0 Å². The van der Waals surface area contributed by atoms with Crippen LogP contribution in [0.3, 0.4) is 0 Å². The minimum absolute atomic E-state index is 0.0690. The Morgan fingerprint density at radius 2 is 1.51 bits per heavy atom. The van der Waals surface area contributed by atoms with Crippen LogP contribution in [0.25, 0.3) is 0 Å². The number of nitrogens with zero attached hydrogens (tertiary/aromatic N) is 2. The van der Waals surface area contributed by atoms with E-state index >= 15 is 0 Å². The van der Waals surface area contributed by atoms with Crippen molar-refractivity contribution in [1.82, 2.24) is 4.90 Å². The van der Waals surface area contributed by atoms with Gasteiger partial charge < -0.3 is 28.7 Å². The van der Waals surface area contributed by atoms with Gasteiger partial charge in [-0.25, -0.2) is 0 Å². The molecule has 7 nitrogen and oxygen atoms in total. The van der Waals surface area contributed by atoms with E-state index in [1.807, 2.05) is 56.3 Å². The van der Waals surface area contributed by atoms with E-state index in [1.165, 1.54) is 12.8 Å². The fraction of sp³-hybridized carbons (Fsp3) is 0.536. The van der Waals surface area contributed by atoms with Crippen LogP contribution in [0.2, 0.25) is 0 Å². The van der Waals surface area contributed by atoms with Crippen LogP contribution >= 0.6 is 0 Å². The van der Waals surface area contributed by atoms with Crippen molar-refractivity contribution in [3.05, 3.63) is 42.5 Å². The summed E-state index contributed by atoms with van der Waals surface area (Å²) in [5, 5.41) is 0. The predicted octanol–water partition coefficient (Wildman–Crippen LogP) is 5.17. The first kappa shape index (κ1) is 26.7. The predicted molar refractivity (Wildman–Crippen MR) is 139 cm³/mol. The lowest BCUT2D eigenvalue weighted by molar-refractivity contribution is -0.120. The highest BCUT2D eigenvalue weighted by Crippen LogP contribution is 2.33. The van der Waals surface area contributed by atoms with Crippen molar-refractivity contribution >= 4 is 11.6 Å². The summed E-state index contributed by atoms with van der Waals surface area (Å²) < 4.78 is 23.2. The summed E-state index contributed by atoms with van der Waals surface area (Å²) in [7, 11) is 0. The summed E-state index contributed by atoms with van der Waals surface area (Å²) in [4.78, 5) is 17.6. The number of carbonyl (C=O) groups excluding carboxylic acids is 1. The smallest absolute Gasteiger partial charge is 0.265 e. The van der Waals surface area contributed by atoms with Crippen LogP contribution in [0.1, 0.15) is 46.5 Å². The van der Waals surface area contributed by atoms with Crippen molar-refractivity contribution in [2.45, 2.75) is 46.5 Å². The molecule has 2 aromatic rings. The molecule has 0 atom stereocenters. The van der Waals surface area contributed by atoms with Gasteiger partial charge in [-0.3, -0.25) is 4.79 Å². The zero-order chi connectivity index (χ0) is 24.9. The lowest BCUT2D eigenvalue weighted by atomic mass is 10.2. The number of benzene rings is 2. The lowest BCUT2D eigenvalue weighted by Crippen LogP contribution is -2.40. The molecule has 192 valence electrons.